The zero-order chi connectivity index (χ0) is 17.1. The lowest BCUT2D eigenvalue weighted by Gasteiger charge is -2.21. The number of anilines is 1. The number of rotatable bonds is 2. The van der Waals surface area contributed by atoms with Gasteiger partial charge in [0.05, 0.1) is 5.02 Å². The Hall–Kier alpha value is -2.48. The summed E-state index contributed by atoms with van der Waals surface area (Å²) in [7, 11) is 0. The lowest BCUT2D eigenvalue weighted by Crippen LogP contribution is -2.44. The Balaban J connectivity index is 1.86. The van der Waals surface area contributed by atoms with Crippen molar-refractivity contribution in [3.8, 4) is 0 Å². The number of hydrogen-bond acceptors (Lipinski definition) is 5. The lowest BCUT2D eigenvalue weighted by atomic mass is 10.2. The Labute approximate surface area is 142 Å². The van der Waals surface area contributed by atoms with Crippen LogP contribution in [0.1, 0.15) is 25.7 Å². The number of oxime groups is 1. The molecular weight excluding hydrogens is 335 g/mol. The third-order valence-corrected chi connectivity index (χ3v) is 4.16. The SMILES string of the molecule is N=C1N=C(NC2CCCC2)C(Nc2ccc(Cl)c(F)c2)=N/C1=N/O. The van der Waals surface area contributed by atoms with Crippen LogP contribution in [-0.4, -0.2) is 34.6 Å². The molecule has 126 valence electrons. The highest BCUT2D eigenvalue weighted by Crippen LogP contribution is 2.20. The Bertz CT molecular complexity index is 754. The van der Waals surface area contributed by atoms with E-state index in [9.17, 15) is 4.39 Å². The summed E-state index contributed by atoms with van der Waals surface area (Å²) in [5.74, 6) is -0.402. The summed E-state index contributed by atoms with van der Waals surface area (Å²) >= 11 is 5.68. The molecule has 9 heteroatoms. The average molecular weight is 351 g/mol. The van der Waals surface area contributed by atoms with Gasteiger partial charge in [0.15, 0.2) is 17.5 Å². The van der Waals surface area contributed by atoms with Gasteiger partial charge in [-0.15, -0.1) is 0 Å². The number of aliphatic imine (C=N–C) groups is 2. The zero-order valence-electron chi connectivity index (χ0n) is 12.7. The van der Waals surface area contributed by atoms with Gasteiger partial charge in [-0.1, -0.05) is 29.6 Å². The van der Waals surface area contributed by atoms with E-state index in [0.717, 1.165) is 25.7 Å². The molecule has 1 aliphatic heterocycles. The van der Waals surface area contributed by atoms with Gasteiger partial charge in [0.2, 0.25) is 5.84 Å². The molecule has 0 unspecified atom stereocenters. The zero-order valence-corrected chi connectivity index (χ0v) is 13.4. The van der Waals surface area contributed by atoms with E-state index in [1.807, 2.05) is 0 Å². The van der Waals surface area contributed by atoms with Crippen LogP contribution in [0.2, 0.25) is 5.02 Å². The molecule has 0 aromatic heterocycles. The van der Waals surface area contributed by atoms with Gasteiger partial charge in [-0.05, 0) is 31.0 Å². The van der Waals surface area contributed by atoms with Gasteiger partial charge in [0.1, 0.15) is 5.82 Å². The van der Waals surface area contributed by atoms with Crippen LogP contribution in [0.5, 0.6) is 0 Å². The van der Waals surface area contributed by atoms with Crippen LogP contribution in [0.15, 0.2) is 33.3 Å². The Kier molecular flexibility index (Phi) is 4.75. The van der Waals surface area contributed by atoms with E-state index in [1.54, 1.807) is 6.07 Å². The van der Waals surface area contributed by atoms with Crippen LogP contribution < -0.4 is 10.6 Å². The third-order valence-electron chi connectivity index (χ3n) is 3.85. The minimum atomic E-state index is -0.566. The highest BCUT2D eigenvalue weighted by Gasteiger charge is 2.24. The molecule has 4 N–H and O–H groups in total. The Morgan fingerprint density at radius 2 is 2.00 bits per heavy atom. The highest BCUT2D eigenvalue weighted by molar-refractivity contribution is 6.57. The normalized spacial score (nSPS) is 20.1. The topological polar surface area (TPSA) is 105 Å². The van der Waals surface area contributed by atoms with Crippen molar-refractivity contribution >= 4 is 40.6 Å². The molecule has 0 spiro atoms. The lowest BCUT2D eigenvalue weighted by molar-refractivity contribution is 0.319. The van der Waals surface area contributed by atoms with Crippen LogP contribution in [-0.2, 0) is 0 Å². The molecule has 0 atom stereocenters. The smallest absolute Gasteiger partial charge is 0.237 e. The summed E-state index contributed by atoms with van der Waals surface area (Å²) in [6.07, 6.45) is 4.29. The summed E-state index contributed by atoms with van der Waals surface area (Å²) in [5, 5.41) is 25.8. The molecular formula is C15H16ClFN6O. The third kappa shape index (κ3) is 3.53. The molecule has 0 amide bonds. The summed E-state index contributed by atoms with van der Waals surface area (Å²) in [4.78, 5) is 8.18. The van der Waals surface area contributed by atoms with Gasteiger partial charge in [-0.3, -0.25) is 5.41 Å². The van der Waals surface area contributed by atoms with E-state index in [4.69, 9.17) is 22.2 Å². The molecule has 3 rings (SSSR count). The van der Waals surface area contributed by atoms with Crippen molar-refractivity contribution in [2.24, 2.45) is 15.1 Å². The van der Waals surface area contributed by atoms with E-state index < -0.39 is 5.82 Å². The van der Waals surface area contributed by atoms with Crippen molar-refractivity contribution in [3.05, 3.63) is 29.0 Å². The van der Waals surface area contributed by atoms with Crippen LogP contribution in [0.3, 0.4) is 0 Å². The average Bonchev–Trinajstić information content (AvgIpc) is 3.06. The van der Waals surface area contributed by atoms with Crippen molar-refractivity contribution in [2.75, 3.05) is 5.32 Å². The fourth-order valence-corrected chi connectivity index (χ4v) is 2.78. The molecule has 1 fully saturated rings. The van der Waals surface area contributed by atoms with Crippen molar-refractivity contribution in [2.45, 2.75) is 31.7 Å². The van der Waals surface area contributed by atoms with Crippen LogP contribution in [0.4, 0.5) is 10.1 Å². The maximum absolute atomic E-state index is 13.6. The van der Waals surface area contributed by atoms with Crippen molar-refractivity contribution in [1.29, 1.82) is 5.41 Å². The molecule has 1 aromatic carbocycles. The van der Waals surface area contributed by atoms with Gasteiger partial charge < -0.3 is 15.8 Å². The summed E-state index contributed by atoms with van der Waals surface area (Å²) in [6, 6.07) is 4.50. The van der Waals surface area contributed by atoms with Crippen LogP contribution in [0.25, 0.3) is 0 Å². The first-order valence-electron chi connectivity index (χ1n) is 7.54. The number of nitrogens with one attached hydrogen (secondary N) is 3. The fourth-order valence-electron chi connectivity index (χ4n) is 2.66. The van der Waals surface area contributed by atoms with E-state index >= 15 is 0 Å². The largest absolute Gasteiger partial charge is 0.409 e. The van der Waals surface area contributed by atoms with Crippen molar-refractivity contribution < 1.29 is 9.60 Å². The summed E-state index contributed by atoms with van der Waals surface area (Å²) in [5.41, 5.74) is 0.419. The number of amidine groups is 4. The highest BCUT2D eigenvalue weighted by atomic mass is 35.5. The number of nitrogens with zero attached hydrogens (tertiary/aromatic N) is 3. The van der Waals surface area contributed by atoms with Gasteiger partial charge in [-0.25, -0.2) is 14.4 Å². The first-order valence-corrected chi connectivity index (χ1v) is 7.92. The number of halogens is 2. The molecule has 1 heterocycles. The predicted octanol–water partition coefficient (Wildman–Crippen LogP) is 3.00. The summed E-state index contributed by atoms with van der Waals surface area (Å²) in [6.45, 7) is 0. The molecule has 1 aliphatic carbocycles. The molecule has 2 aliphatic rings. The van der Waals surface area contributed by atoms with Gasteiger partial charge in [-0.2, -0.15) is 0 Å². The number of hydrogen-bond donors (Lipinski definition) is 4. The van der Waals surface area contributed by atoms with Gasteiger partial charge in [0, 0.05) is 11.7 Å². The van der Waals surface area contributed by atoms with E-state index in [2.05, 4.69) is 25.8 Å². The number of benzene rings is 1. The van der Waals surface area contributed by atoms with E-state index in [-0.39, 0.29) is 28.6 Å². The quantitative estimate of drug-likeness (QED) is 0.486. The second-order valence-corrected chi connectivity index (χ2v) is 5.98. The molecule has 0 saturated heterocycles. The maximum atomic E-state index is 13.6. The molecule has 0 radical (unpaired) electrons. The minimum absolute atomic E-state index is 0.0171. The molecule has 1 aromatic rings. The molecule has 7 nitrogen and oxygen atoms in total. The fraction of sp³-hybridized carbons (Fsp3) is 0.333. The Morgan fingerprint density at radius 1 is 1.25 bits per heavy atom. The second-order valence-electron chi connectivity index (χ2n) is 5.57. The van der Waals surface area contributed by atoms with E-state index in [1.165, 1.54) is 12.1 Å². The monoisotopic (exact) mass is 350 g/mol. The first kappa shape index (κ1) is 16.4. The molecule has 1 saturated carbocycles. The maximum Gasteiger partial charge on any atom is 0.237 e. The van der Waals surface area contributed by atoms with Crippen LogP contribution in [0, 0.1) is 11.2 Å². The molecule has 0 bridgehead atoms. The standard InChI is InChI=1S/C15H16ClFN6O/c16-10-6-5-9(7-11(10)17)20-15-14(19-8-3-1-2-4-8)21-12(18)13(22-15)23-24/h5-8,24H,1-4H2,(H2,18,19,21)(H,20,22,23). The second kappa shape index (κ2) is 6.96. The van der Waals surface area contributed by atoms with E-state index in [0.29, 0.717) is 11.5 Å². The van der Waals surface area contributed by atoms with Gasteiger partial charge in [0.25, 0.3) is 0 Å². The van der Waals surface area contributed by atoms with Crippen LogP contribution >= 0.6 is 11.6 Å². The van der Waals surface area contributed by atoms with Gasteiger partial charge >= 0.3 is 0 Å². The predicted molar refractivity (Wildman–Crippen MR) is 92.2 cm³/mol. The van der Waals surface area contributed by atoms with Crippen molar-refractivity contribution in [3.63, 3.8) is 0 Å². The minimum Gasteiger partial charge on any atom is -0.409 e. The first-order chi connectivity index (χ1) is 11.6. The molecule has 24 heavy (non-hydrogen) atoms. The summed E-state index contributed by atoms with van der Waals surface area (Å²) < 4.78 is 13.6. The van der Waals surface area contributed by atoms with Crippen molar-refractivity contribution in [1.82, 2.24) is 5.32 Å². The Morgan fingerprint density at radius 3 is 2.67 bits per heavy atom.